The van der Waals surface area contributed by atoms with E-state index in [4.69, 9.17) is 16.3 Å². The maximum atomic E-state index is 12.8. The van der Waals surface area contributed by atoms with Crippen molar-refractivity contribution < 1.29 is 23.9 Å². The van der Waals surface area contributed by atoms with Crippen LogP contribution >= 0.6 is 11.6 Å². The van der Waals surface area contributed by atoms with Gasteiger partial charge in [-0.3, -0.25) is 14.4 Å². The average Bonchev–Trinajstić information content (AvgIpc) is 3.17. The molecule has 200 valence electrons. The molecule has 4 rings (SSSR count). The maximum absolute atomic E-state index is 12.8. The third-order valence-electron chi connectivity index (χ3n) is 5.90. The number of urea groups is 1. The highest BCUT2D eigenvalue weighted by atomic mass is 35.5. The van der Waals surface area contributed by atoms with Crippen molar-refractivity contribution in [2.24, 2.45) is 0 Å². The van der Waals surface area contributed by atoms with Gasteiger partial charge in [-0.1, -0.05) is 60.5 Å². The highest BCUT2D eigenvalue weighted by Gasteiger charge is 2.35. The van der Waals surface area contributed by atoms with E-state index in [9.17, 15) is 19.2 Å². The van der Waals surface area contributed by atoms with Crippen molar-refractivity contribution in [3.8, 4) is 5.75 Å². The van der Waals surface area contributed by atoms with Crippen LogP contribution in [0.5, 0.6) is 5.75 Å². The number of nitrogens with zero attached hydrogens (tertiary/aromatic N) is 1. The van der Waals surface area contributed by atoms with Crippen LogP contribution in [0.2, 0.25) is 5.02 Å². The largest absolute Gasteiger partial charge is 0.482 e. The van der Waals surface area contributed by atoms with Crippen molar-refractivity contribution in [2.45, 2.75) is 20.3 Å². The number of carbonyl (C=O) groups excluding carboxylic acids is 4. The van der Waals surface area contributed by atoms with E-state index in [2.05, 4.69) is 16.0 Å². The first-order chi connectivity index (χ1) is 18.7. The topological polar surface area (TPSA) is 117 Å². The first kappa shape index (κ1) is 27.4. The molecule has 5 amide bonds. The number of benzene rings is 3. The molecule has 1 aliphatic rings. The summed E-state index contributed by atoms with van der Waals surface area (Å²) in [6.07, 6.45) is 2.17. The van der Waals surface area contributed by atoms with Gasteiger partial charge in [-0.25, -0.2) is 9.69 Å². The van der Waals surface area contributed by atoms with Gasteiger partial charge < -0.3 is 20.7 Å². The molecule has 9 nitrogen and oxygen atoms in total. The molecule has 1 fully saturated rings. The highest BCUT2D eigenvalue weighted by Crippen LogP contribution is 2.27. The molecule has 0 radical (unpaired) electrons. The normalized spacial score (nSPS) is 13.8. The highest BCUT2D eigenvalue weighted by molar-refractivity contribution is 6.32. The summed E-state index contributed by atoms with van der Waals surface area (Å²) in [6, 6.07) is 18.7. The number of nitrogens with one attached hydrogen (secondary N) is 3. The van der Waals surface area contributed by atoms with Crippen molar-refractivity contribution in [1.29, 1.82) is 0 Å². The molecule has 10 heteroatoms. The molecule has 1 aliphatic heterocycles. The van der Waals surface area contributed by atoms with Crippen molar-refractivity contribution >= 4 is 52.8 Å². The molecule has 3 aromatic carbocycles. The van der Waals surface area contributed by atoms with Gasteiger partial charge in [-0.2, -0.15) is 0 Å². The number of aryl methyl sites for hydroxylation is 2. The Labute approximate surface area is 230 Å². The smallest absolute Gasteiger partial charge is 0.329 e. The van der Waals surface area contributed by atoms with Crippen molar-refractivity contribution in [2.75, 3.05) is 23.8 Å². The molecule has 1 heterocycles. The van der Waals surface area contributed by atoms with Gasteiger partial charge in [0, 0.05) is 11.4 Å². The Morgan fingerprint density at radius 2 is 1.74 bits per heavy atom. The van der Waals surface area contributed by atoms with Gasteiger partial charge >= 0.3 is 6.03 Å². The molecular weight excluding hydrogens is 520 g/mol. The number of rotatable bonds is 9. The summed E-state index contributed by atoms with van der Waals surface area (Å²) < 4.78 is 5.53. The summed E-state index contributed by atoms with van der Waals surface area (Å²) in [7, 11) is 0. The molecule has 0 aromatic heterocycles. The SMILES string of the molecule is CCc1ccccc1NC(=O)CN1C(=O)N/C(=C/c2ccc(OCC(=O)Nc3ccc(C)cc3)c(Cl)c2)C1=O. The minimum absolute atomic E-state index is 0.00367. The van der Waals surface area contributed by atoms with Crippen LogP contribution in [0.4, 0.5) is 16.2 Å². The van der Waals surface area contributed by atoms with Crippen LogP contribution in [-0.4, -0.2) is 41.8 Å². The van der Waals surface area contributed by atoms with Crippen molar-refractivity contribution in [3.63, 3.8) is 0 Å². The van der Waals surface area contributed by atoms with Crippen molar-refractivity contribution in [3.05, 3.63) is 94.1 Å². The zero-order valence-corrected chi connectivity index (χ0v) is 22.2. The van der Waals surface area contributed by atoms with E-state index in [-0.39, 0.29) is 29.0 Å². The minimum atomic E-state index is -0.698. The summed E-state index contributed by atoms with van der Waals surface area (Å²) >= 11 is 6.32. The van der Waals surface area contributed by atoms with E-state index in [1.54, 1.807) is 36.4 Å². The van der Waals surface area contributed by atoms with E-state index in [1.807, 2.05) is 38.1 Å². The van der Waals surface area contributed by atoms with Crippen LogP contribution in [0.15, 0.2) is 72.4 Å². The molecule has 0 bridgehead atoms. The molecule has 0 saturated carbocycles. The first-order valence-electron chi connectivity index (χ1n) is 12.2. The minimum Gasteiger partial charge on any atom is -0.482 e. The van der Waals surface area contributed by atoms with Gasteiger partial charge in [0.2, 0.25) is 5.91 Å². The number of anilines is 2. The summed E-state index contributed by atoms with van der Waals surface area (Å²) in [5.41, 5.74) is 3.84. The summed E-state index contributed by atoms with van der Waals surface area (Å²) in [5, 5.41) is 8.19. The fourth-order valence-electron chi connectivity index (χ4n) is 3.87. The lowest BCUT2D eigenvalue weighted by atomic mass is 10.1. The molecule has 3 N–H and O–H groups in total. The fraction of sp³-hybridized carbons (Fsp3) is 0.172. The molecule has 0 unspecified atom stereocenters. The van der Waals surface area contributed by atoms with Crippen LogP contribution in [0.3, 0.4) is 0 Å². The number of para-hydroxylation sites is 1. The van der Waals surface area contributed by atoms with Gasteiger partial charge in [0.05, 0.1) is 5.02 Å². The van der Waals surface area contributed by atoms with Crippen LogP contribution in [0.25, 0.3) is 6.08 Å². The standard InChI is InChI=1S/C29H27ClN4O5/c1-3-20-6-4-5-7-23(20)32-26(35)16-34-28(37)24(33-29(34)38)15-19-10-13-25(22(30)14-19)39-17-27(36)31-21-11-8-18(2)9-12-21/h4-15H,3,16-17H2,1-2H3,(H,31,36)(H,32,35)(H,33,38)/b24-15+. The molecule has 39 heavy (non-hydrogen) atoms. The number of hydrogen-bond acceptors (Lipinski definition) is 5. The molecular formula is C29H27ClN4O5. The second-order valence-electron chi connectivity index (χ2n) is 8.83. The number of ether oxygens (including phenoxy) is 1. The lowest BCUT2D eigenvalue weighted by Crippen LogP contribution is -2.38. The van der Waals surface area contributed by atoms with E-state index < -0.39 is 24.4 Å². The number of hydrogen-bond donors (Lipinski definition) is 3. The average molecular weight is 547 g/mol. The van der Waals surface area contributed by atoms with E-state index in [0.29, 0.717) is 16.9 Å². The van der Waals surface area contributed by atoms with Gasteiger partial charge in [-0.05, 0) is 60.9 Å². The Morgan fingerprint density at radius 1 is 1.00 bits per heavy atom. The van der Waals surface area contributed by atoms with Crippen LogP contribution in [0, 0.1) is 6.92 Å². The first-order valence-corrected chi connectivity index (χ1v) is 12.6. The fourth-order valence-corrected chi connectivity index (χ4v) is 4.11. The zero-order chi connectivity index (χ0) is 27.9. The zero-order valence-electron chi connectivity index (χ0n) is 21.4. The van der Waals surface area contributed by atoms with Gasteiger partial charge in [0.1, 0.15) is 18.0 Å². The van der Waals surface area contributed by atoms with Gasteiger partial charge in [0.25, 0.3) is 11.8 Å². The molecule has 0 spiro atoms. The Morgan fingerprint density at radius 3 is 2.46 bits per heavy atom. The predicted octanol–water partition coefficient (Wildman–Crippen LogP) is 4.76. The molecule has 1 saturated heterocycles. The van der Waals surface area contributed by atoms with E-state index in [0.717, 1.165) is 22.4 Å². The Kier molecular flexibility index (Phi) is 8.63. The van der Waals surface area contributed by atoms with Gasteiger partial charge in [0.15, 0.2) is 6.61 Å². The number of amides is 5. The number of carbonyl (C=O) groups is 4. The number of imide groups is 1. The lowest BCUT2D eigenvalue weighted by Gasteiger charge is -2.13. The quantitative estimate of drug-likeness (QED) is 0.264. The van der Waals surface area contributed by atoms with Crippen LogP contribution < -0.4 is 20.7 Å². The monoisotopic (exact) mass is 546 g/mol. The molecule has 0 atom stereocenters. The third-order valence-corrected chi connectivity index (χ3v) is 6.19. The Hall–Kier alpha value is -4.63. The van der Waals surface area contributed by atoms with Crippen LogP contribution in [-0.2, 0) is 20.8 Å². The second kappa shape index (κ2) is 12.3. The number of halogens is 1. The maximum Gasteiger partial charge on any atom is 0.329 e. The summed E-state index contributed by atoms with van der Waals surface area (Å²) in [4.78, 5) is 50.8. The molecule has 3 aromatic rings. The Balaban J connectivity index is 1.35. The van der Waals surface area contributed by atoms with Crippen LogP contribution in [0.1, 0.15) is 23.6 Å². The lowest BCUT2D eigenvalue weighted by molar-refractivity contribution is -0.127. The van der Waals surface area contributed by atoms with E-state index >= 15 is 0 Å². The molecule has 0 aliphatic carbocycles. The summed E-state index contributed by atoms with van der Waals surface area (Å²) in [6.45, 7) is 3.24. The van der Waals surface area contributed by atoms with Gasteiger partial charge in [-0.15, -0.1) is 0 Å². The third kappa shape index (κ3) is 7.03. The second-order valence-corrected chi connectivity index (χ2v) is 9.24. The summed E-state index contributed by atoms with van der Waals surface area (Å²) in [5.74, 6) is -1.19. The van der Waals surface area contributed by atoms with E-state index in [1.165, 1.54) is 12.1 Å². The Bertz CT molecular complexity index is 1450. The predicted molar refractivity (Wildman–Crippen MR) is 149 cm³/mol. The van der Waals surface area contributed by atoms with Crippen molar-refractivity contribution in [1.82, 2.24) is 10.2 Å².